The minimum absolute atomic E-state index is 0.000195. The molecule has 0 aliphatic carbocycles. The van der Waals surface area contributed by atoms with Crippen molar-refractivity contribution in [1.82, 2.24) is 24.8 Å². The molecule has 4 bridgehead atoms. The van der Waals surface area contributed by atoms with E-state index < -0.39 is 71.8 Å². The molecule has 2 aromatic rings. The van der Waals surface area contributed by atoms with Crippen molar-refractivity contribution < 1.29 is 48.0 Å². The zero-order valence-electron chi connectivity index (χ0n) is 36.6. The summed E-state index contributed by atoms with van der Waals surface area (Å²) in [4.78, 5) is 56.0. The lowest BCUT2D eigenvalue weighted by molar-refractivity contribution is -0.302. The summed E-state index contributed by atoms with van der Waals surface area (Å²) in [6.45, 7) is 16.6. The Morgan fingerprint density at radius 1 is 1.03 bits per heavy atom. The number of aliphatic imine (C=N–C) groups is 1. The molecule has 5 aliphatic rings. The molecule has 4 fully saturated rings. The largest absolute Gasteiger partial charge is 0.458 e. The fourth-order valence-electron chi connectivity index (χ4n) is 10.5. The number of hydrogen-bond donors (Lipinski definition) is 1. The summed E-state index contributed by atoms with van der Waals surface area (Å²) in [6.07, 6.45) is 1.29. The number of cyclic esters (lactones) is 1. The Morgan fingerprint density at radius 3 is 2.53 bits per heavy atom. The fraction of sp³-hybridized carbons (Fsp3) is 0.744. The number of pyridine rings is 1. The molecule has 7 rings (SSSR count). The molecule has 17 heteroatoms. The van der Waals surface area contributed by atoms with Gasteiger partial charge in [-0.3, -0.25) is 19.7 Å². The zero-order valence-corrected chi connectivity index (χ0v) is 36.6. The maximum absolute atomic E-state index is 14.6. The van der Waals surface area contributed by atoms with E-state index in [9.17, 15) is 14.7 Å². The Morgan fingerprint density at radius 2 is 1.78 bits per heavy atom. The summed E-state index contributed by atoms with van der Waals surface area (Å²) in [5, 5.41) is 16.3. The Balaban J connectivity index is 1.31. The van der Waals surface area contributed by atoms with Crippen LogP contribution in [0.25, 0.3) is 11.2 Å². The molecular formula is C43H63N7O10. The van der Waals surface area contributed by atoms with Gasteiger partial charge in [0, 0.05) is 54.3 Å². The number of amides is 1. The molecule has 17 nitrogen and oxygen atoms in total. The molecule has 14 atom stereocenters. The summed E-state index contributed by atoms with van der Waals surface area (Å²) in [5.74, 6) is -2.32. The fourth-order valence-corrected chi connectivity index (χ4v) is 10.5. The van der Waals surface area contributed by atoms with Crippen LogP contribution in [-0.2, 0) is 44.7 Å². The van der Waals surface area contributed by atoms with Crippen LogP contribution < -0.4 is 0 Å². The number of esters is 1. The van der Waals surface area contributed by atoms with Crippen LogP contribution in [0.1, 0.15) is 80.2 Å². The van der Waals surface area contributed by atoms with Crippen LogP contribution in [0.2, 0.25) is 0 Å². The van der Waals surface area contributed by atoms with Gasteiger partial charge in [-0.05, 0) is 73.0 Å². The molecule has 1 amide bonds. The predicted octanol–water partition coefficient (Wildman–Crippen LogP) is 4.19. The van der Waals surface area contributed by atoms with E-state index in [-0.39, 0.29) is 43.8 Å². The van der Waals surface area contributed by atoms with Crippen molar-refractivity contribution in [2.24, 2.45) is 33.8 Å². The average Bonchev–Trinajstić information content (AvgIpc) is 3.36. The molecule has 330 valence electrons. The molecular weight excluding hydrogens is 775 g/mol. The van der Waals surface area contributed by atoms with Crippen LogP contribution in [0.4, 0.5) is 4.79 Å². The van der Waals surface area contributed by atoms with Crippen molar-refractivity contribution in [3.8, 4) is 0 Å². The monoisotopic (exact) mass is 837 g/mol. The topological polar surface area (TPSA) is 189 Å². The Hall–Kier alpha value is -3.87. The number of hydrogen-bond acceptors (Lipinski definition) is 16. The summed E-state index contributed by atoms with van der Waals surface area (Å²) >= 11 is 0. The molecule has 0 radical (unpaired) electrons. The third-order valence-electron chi connectivity index (χ3n) is 13.4. The highest BCUT2D eigenvalue weighted by molar-refractivity contribution is 5.91. The number of fused-ring (bicyclic) bond motifs is 5. The highest BCUT2D eigenvalue weighted by atomic mass is 16.7. The van der Waals surface area contributed by atoms with Gasteiger partial charge in [0.25, 0.3) is 0 Å². The minimum Gasteiger partial charge on any atom is -0.458 e. The lowest BCUT2D eigenvalue weighted by Crippen LogP contribution is -2.60. The third-order valence-corrected chi connectivity index (χ3v) is 13.4. The number of likely N-dealkylation sites (N-methyl/N-ethyl adjacent to an activating group) is 1. The number of rotatable bonds is 7. The van der Waals surface area contributed by atoms with Gasteiger partial charge in [0.2, 0.25) is 0 Å². The quantitative estimate of drug-likeness (QED) is 0.309. The Labute approximate surface area is 352 Å². The van der Waals surface area contributed by atoms with Crippen molar-refractivity contribution >= 4 is 34.6 Å². The molecule has 0 spiro atoms. The van der Waals surface area contributed by atoms with Gasteiger partial charge < -0.3 is 43.3 Å². The normalized spacial score (nSPS) is 39.9. The van der Waals surface area contributed by atoms with E-state index in [2.05, 4.69) is 34.0 Å². The molecule has 2 aromatic heterocycles. The number of oxime groups is 1. The first-order chi connectivity index (χ1) is 28.6. The second-order valence-corrected chi connectivity index (χ2v) is 18.0. The maximum atomic E-state index is 14.6. The van der Waals surface area contributed by atoms with Gasteiger partial charge in [-0.1, -0.05) is 32.9 Å². The highest BCUT2D eigenvalue weighted by Crippen LogP contribution is 2.45. The van der Waals surface area contributed by atoms with Gasteiger partial charge in [0.1, 0.15) is 30.0 Å². The van der Waals surface area contributed by atoms with Crippen molar-refractivity contribution in [2.75, 3.05) is 40.4 Å². The number of carbonyl (C=O) groups is 2. The summed E-state index contributed by atoms with van der Waals surface area (Å²) in [6, 6.07) is 1.14. The molecule has 0 saturated carbocycles. The van der Waals surface area contributed by atoms with Gasteiger partial charge >= 0.3 is 12.1 Å². The van der Waals surface area contributed by atoms with E-state index in [1.54, 1.807) is 30.4 Å². The van der Waals surface area contributed by atoms with Crippen LogP contribution in [0.3, 0.4) is 0 Å². The summed E-state index contributed by atoms with van der Waals surface area (Å²) < 4.78 is 39.9. The van der Waals surface area contributed by atoms with E-state index in [0.29, 0.717) is 49.2 Å². The Kier molecular flexibility index (Phi) is 13.1. The molecule has 4 saturated heterocycles. The summed E-state index contributed by atoms with van der Waals surface area (Å²) in [7, 11) is 3.87. The Bertz CT molecular complexity index is 1930. The van der Waals surface area contributed by atoms with Crippen LogP contribution in [0.5, 0.6) is 0 Å². The first-order valence-electron chi connectivity index (χ1n) is 21.4. The van der Waals surface area contributed by atoms with E-state index in [1.807, 2.05) is 59.7 Å². The smallest absolute Gasteiger partial charge is 0.410 e. The van der Waals surface area contributed by atoms with Crippen molar-refractivity contribution in [2.45, 2.75) is 141 Å². The number of aromatic nitrogens is 3. The second-order valence-electron chi connectivity index (χ2n) is 18.0. The van der Waals surface area contributed by atoms with Crippen LogP contribution in [-0.4, -0.2) is 154 Å². The highest BCUT2D eigenvalue weighted by Gasteiger charge is 2.60. The second kappa shape index (κ2) is 17.8. The van der Waals surface area contributed by atoms with E-state index in [1.165, 1.54) is 0 Å². The molecule has 0 aromatic carbocycles. The molecule has 1 N–H and O–H groups in total. The maximum Gasteiger partial charge on any atom is 0.410 e. The first-order valence-corrected chi connectivity index (χ1v) is 21.4. The standard InChI is InChI=1S/C43H63N7O10/c1-11-31-43(8)36-25(4)32(45-16-17-50(36)41(53)60-43)23(2)19-42(7)37(59-40-34(51)30(49(9)10)18-24(3)57-40)26(5)35(27(6)39(52)58-31)54-21-29(22-55-42)48-56-20-28-12-13-46-38-33(28)44-14-15-47-38/h12-15,23-27,30-31,34-37,40,51H,11,16-22H2,1-10H3/t23-,24+,25+,26-,27-,30-,31+,34+,35+,36-,37+,40-,42-,43-/m1/s1. The average molecular weight is 838 g/mol. The molecule has 60 heavy (non-hydrogen) atoms. The summed E-state index contributed by atoms with van der Waals surface area (Å²) in [5.41, 5.74) is 0.961. The van der Waals surface area contributed by atoms with Crippen LogP contribution >= 0.6 is 0 Å². The zero-order chi connectivity index (χ0) is 43.1. The van der Waals surface area contributed by atoms with E-state index in [4.69, 9.17) is 38.3 Å². The minimum atomic E-state index is -1.14. The van der Waals surface area contributed by atoms with Crippen LogP contribution in [0.15, 0.2) is 34.8 Å². The lowest BCUT2D eigenvalue weighted by atomic mass is 9.72. The molecule has 0 unspecified atom stereocenters. The first kappa shape index (κ1) is 44.2. The number of ether oxygens (including phenoxy) is 6. The number of aliphatic hydroxyl groups is 1. The molecule has 5 aliphatic heterocycles. The van der Waals surface area contributed by atoms with Gasteiger partial charge in [0.15, 0.2) is 17.5 Å². The third kappa shape index (κ3) is 8.49. The van der Waals surface area contributed by atoms with Gasteiger partial charge in [0.05, 0.1) is 55.6 Å². The van der Waals surface area contributed by atoms with E-state index >= 15 is 0 Å². The van der Waals surface area contributed by atoms with Crippen LogP contribution in [0, 0.1) is 23.7 Å². The van der Waals surface area contributed by atoms with Crippen molar-refractivity contribution in [3.05, 3.63) is 30.2 Å². The van der Waals surface area contributed by atoms with Gasteiger partial charge in [-0.25, -0.2) is 14.8 Å². The number of aliphatic hydroxyl groups excluding tert-OH is 1. The predicted molar refractivity (Wildman–Crippen MR) is 220 cm³/mol. The number of nitrogens with zero attached hydrogens (tertiary/aromatic N) is 7. The lowest BCUT2D eigenvalue weighted by Gasteiger charge is -2.48. The van der Waals surface area contributed by atoms with Gasteiger partial charge in [-0.2, -0.15) is 0 Å². The number of carbonyl (C=O) groups excluding carboxylic acids is 2. The van der Waals surface area contributed by atoms with Crippen molar-refractivity contribution in [1.29, 1.82) is 0 Å². The molecule has 7 heterocycles. The van der Waals surface area contributed by atoms with Gasteiger partial charge in [-0.15, -0.1) is 0 Å². The van der Waals surface area contributed by atoms with E-state index in [0.717, 1.165) is 11.3 Å². The SMILES string of the molecule is CC[C@@H]1OC(=O)[C@H](C)[C@H]2OCC(=NOCc3ccnc4nccnc34)CO[C@](C)(C[C@@H](C)C3=NCCN4C(=O)O[C@@]1(C)[C@H]4[C@H]3C)[C@@H](O[C@H]1O[C@@H](C)C[C@@H](N(C)C)[C@@H]1O)[C@@H]2C. The van der Waals surface area contributed by atoms with Crippen molar-refractivity contribution in [3.63, 3.8) is 0 Å².